The van der Waals surface area contributed by atoms with Crippen molar-refractivity contribution in [2.24, 2.45) is 0 Å². The molecule has 0 amide bonds. The van der Waals surface area contributed by atoms with Crippen LogP contribution in [0.25, 0.3) is 0 Å². The number of aryl methyl sites for hydroxylation is 2. The topological polar surface area (TPSA) is 63.7 Å². The van der Waals surface area contributed by atoms with E-state index in [0.29, 0.717) is 5.56 Å². The molecule has 2 aromatic rings. The molecule has 24 heavy (non-hydrogen) atoms. The molecular formula is C18H21NO4S. The maximum atomic E-state index is 12.8. The second kappa shape index (κ2) is 7.15. The molecule has 2 rings (SSSR count). The zero-order chi connectivity index (χ0) is 17.9. The lowest BCUT2D eigenvalue weighted by molar-refractivity contribution is 0.0599. The summed E-state index contributed by atoms with van der Waals surface area (Å²) in [5, 5.41) is 0. The fourth-order valence-corrected chi connectivity index (χ4v) is 3.49. The van der Waals surface area contributed by atoms with Gasteiger partial charge in [0.2, 0.25) is 10.0 Å². The predicted molar refractivity (Wildman–Crippen MR) is 92.4 cm³/mol. The smallest absolute Gasteiger partial charge is 0.338 e. The van der Waals surface area contributed by atoms with E-state index in [0.717, 1.165) is 11.1 Å². The maximum absolute atomic E-state index is 12.8. The fourth-order valence-electron chi connectivity index (χ4n) is 2.31. The summed E-state index contributed by atoms with van der Waals surface area (Å²) >= 11 is 0. The summed E-state index contributed by atoms with van der Waals surface area (Å²) in [6.45, 7) is 3.97. The average molecular weight is 347 g/mol. The van der Waals surface area contributed by atoms with Crippen LogP contribution in [0.15, 0.2) is 47.4 Å². The normalized spacial score (nSPS) is 11.5. The van der Waals surface area contributed by atoms with Crippen LogP contribution in [-0.2, 0) is 21.3 Å². The molecule has 0 atom stereocenters. The van der Waals surface area contributed by atoms with Crippen molar-refractivity contribution in [2.75, 3.05) is 14.2 Å². The minimum absolute atomic E-state index is 0.0723. The van der Waals surface area contributed by atoms with Crippen molar-refractivity contribution in [1.82, 2.24) is 4.31 Å². The molecule has 0 N–H and O–H groups in total. The van der Waals surface area contributed by atoms with Gasteiger partial charge in [-0.05, 0) is 37.1 Å². The van der Waals surface area contributed by atoms with Gasteiger partial charge in [0.1, 0.15) is 0 Å². The Bertz CT molecular complexity index is 842. The lowest BCUT2D eigenvalue weighted by atomic mass is 10.1. The van der Waals surface area contributed by atoms with Gasteiger partial charge in [-0.15, -0.1) is 0 Å². The van der Waals surface area contributed by atoms with Crippen LogP contribution in [0.4, 0.5) is 0 Å². The SMILES string of the molecule is COC(=O)c1cc(S(=O)(=O)N(C)Cc2ccc(C)cc2)ccc1C. The molecule has 0 spiro atoms. The zero-order valence-corrected chi connectivity index (χ0v) is 15.1. The minimum atomic E-state index is -3.70. The molecule has 128 valence electrons. The first-order valence-corrected chi connectivity index (χ1v) is 8.90. The Labute approximate surface area is 142 Å². The Balaban J connectivity index is 2.32. The van der Waals surface area contributed by atoms with Crippen LogP contribution in [0.5, 0.6) is 0 Å². The third-order valence-electron chi connectivity index (χ3n) is 3.85. The van der Waals surface area contributed by atoms with Crippen molar-refractivity contribution in [3.63, 3.8) is 0 Å². The summed E-state index contributed by atoms with van der Waals surface area (Å²) in [6.07, 6.45) is 0. The van der Waals surface area contributed by atoms with Crippen LogP contribution in [0, 0.1) is 13.8 Å². The van der Waals surface area contributed by atoms with E-state index in [1.807, 2.05) is 31.2 Å². The van der Waals surface area contributed by atoms with E-state index >= 15 is 0 Å². The first-order valence-electron chi connectivity index (χ1n) is 7.46. The molecule has 6 heteroatoms. The summed E-state index contributed by atoms with van der Waals surface area (Å²) < 4.78 is 31.5. The number of nitrogens with zero attached hydrogens (tertiary/aromatic N) is 1. The summed E-state index contributed by atoms with van der Waals surface area (Å²) in [5.74, 6) is -0.550. The van der Waals surface area contributed by atoms with Gasteiger partial charge in [0.25, 0.3) is 0 Å². The lowest BCUT2D eigenvalue weighted by Gasteiger charge is -2.18. The quantitative estimate of drug-likeness (QED) is 0.780. The fraction of sp³-hybridized carbons (Fsp3) is 0.278. The van der Waals surface area contributed by atoms with Crippen molar-refractivity contribution < 1.29 is 17.9 Å². The van der Waals surface area contributed by atoms with E-state index in [9.17, 15) is 13.2 Å². The first-order chi connectivity index (χ1) is 11.3. The molecule has 0 fully saturated rings. The van der Waals surface area contributed by atoms with Gasteiger partial charge in [0.05, 0.1) is 17.6 Å². The third kappa shape index (κ3) is 3.83. The van der Waals surface area contributed by atoms with Crippen LogP contribution in [0.3, 0.4) is 0 Å². The molecule has 2 aromatic carbocycles. The van der Waals surface area contributed by atoms with Crippen molar-refractivity contribution in [1.29, 1.82) is 0 Å². The molecule has 0 heterocycles. The van der Waals surface area contributed by atoms with Crippen molar-refractivity contribution in [3.8, 4) is 0 Å². The van der Waals surface area contributed by atoms with Crippen molar-refractivity contribution in [3.05, 3.63) is 64.7 Å². The molecule has 0 aliphatic rings. The highest BCUT2D eigenvalue weighted by molar-refractivity contribution is 7.89. The number of methoxy groups -OCH3 is 1. The Kier molecular flexibility index (Phi) is 5.41. The van der Waals surface area contributed by atoms with E-state index in [2.05, 4.69) is 0 Å². The Morgan fingerprint density at radius 1 is 1.08 bits per heavy atom. The highest BCUT2D eigenvalue weighted by Crippen LogP contribution is 2.21. The van der Waals surface area contributed by atoms with Gasteiger partial charge in [0.15, 0.2) is 0 Å². The average Bonchev–Trinajstić information content (AvgIpc) is 2.56. The number of carbonyl (C=O) groups excluding carboxylic acids is 1. The van der Waals surface area contributed by atoms with Gasteiger partial charge in [-0.1, -0.05) is 35.9 Å². The van der Waals surface area contributed by atoms with Gasteiger partial charge < -0.3 is 4.74 Å². The van der Waals surface area contributed by atoms with Crippen LogP contribution in [0.2, 0.25) is 0 Å². The summed E-state index contributed by atoms with van der Waals surface area (Å²) in [5.41, 5.74) is 2.93. The van der Waals surface area contributed by atoms with Crippen LogP contribution in [-0.4, -0.2) is 32.8 Å². The third-order valence-corrected chi connectivity index (χ3v) is 5.65. The Hall–Kier alpha value is -2.18. The van der Waals surface area contributed by atoms with E-state index in [-0.39, 0.29) is 17.0 Å². The lowest BCUT2D eigenvalue weighted by Crippen LogP contribution is -2.26. The van der Waals surface area contributed by atoms with E-state index in [1.165, 1.54) is 30.6 Å². The molecule has 0 aliphatic carbocycles. The summed E-state index contributed by atoms with van der Waals surface area (Å²) in [6, 6.07) is 12.2. The Morgan fingerprint density at radius 2 is 1.71 bits per heavy atom. The monoisotopic (exact) mass is 347 g/mol. The van der Waals surface area contributed by atoms with E-state index in [4.69, 9.17) is 4.74 Å². The molecule has 0 aromatic heterocycles. The second-order valence-electron chi connectivity index (χ2n) is 5.71. The van der Waals surface area contributed by atoms with Crippen LogP contribution < -0.4 is 0 Å². The predicted octanol–water partition coefficient (Wildman–Crippen LogP) is 2.91. The maximum Gasteiger partial charge on any atom is 0.338 e. The van der Waals surface area contributed by atoms with Crippen LogP contribution >= 0.6 is 0 Å². The second-order valence-corrected chi connectivity index (χ2v) is 7.76. The van der Waals surface area contributed by atoms with Gasteiger partial charge in [0, 0.05) is 13.6 Å². The number of esters is 1. The zero-order valence-electron chi connectivity index (χ0n) is 14.2. The number of ether oxygens (including phenoxy) is 1. The number of hydrogen-bond acceptors (Lipinski definition) is 4. The largest absolute Gasteiger partial charge is 0.465 e. The van der Waals surface area contributed by atoms with Gasteiger partial charge in [-0.2, -0.15) is 4.31 Å². The number of carbonyl (C=O) groups is 1. The molecule has 0 saturated heterocycles. The van der Waals surface area contributed by atoms with E-state index in [1.54, 1.807) is 13.0 Å². The van der Waals surface area contributed by atoms with Crippen LogP contribution in [0.1, 0.15) is 27.0 Å². The highest BCUT2D eigenvalue weighted by Gasteiger charge is 2.23. The first kappa shape index (κ1) is 18.2. The molecule has 0 saturated carbocycles. The summed E-state index contributed by atoms with van der Waals surface area (Å²) in [4.78, 5) is 11.8. The molecular weight excluding hydrogens is 326 g/mol. The number of rotatable bonds is 5. The molecule has 0 unspecified atom stereocenters. The van der Waals surface area contributed by atoms with E-state index < -0.39 is 16.0 Å². The molecule has 0 radical (unpaired) electrons. The highest BCUT2D eigenvalue weighted by atomic mass is 32.2. The summed E-state index contributed by atoms with van der Waals surface area (Å²) in [7, 11) is -0.912. The standard InChI is InChI=1S/C18H21NO4S/c1-13-5-8-15(9-6-13)12-19(3)24(21,22)16-10-7-14(2)17(11-16)18(20)23-4/h5-11H,12H2,1-4H3. The minimum Gasteiger partial charge on any atom is -0.465 e. The molecule has 0 aliphatic heterocycles. The van der Waals surface area contributed by atoms with Crippen molar-refractivity contribution in [2.45, 2.75) is 25.3 Å². The number of hydrogen-bond donors (Lipinski definition) is 0. The van der Waals surface area contributed by atoms with Gasteiger partial charge in [-0.25, -0.2) is 13.2 Å². The van der Waals surface area contributed by atoms with Crippen molar-refractivity contribution >= 4 is 16.0 Å². The Morgan fingerprint density at radius 3 is 2.29 bits per heavy atom. The number of sulfonamides is 1. The number of benzene rings is 2. The molecule has 5 nitrogen and oxygen atoms in total. The van der Waals surface area contributed by atoms with Gasteiger partial charge >= 0.3 is 5.97 Å². The molecule has 0 bridgehead atoms. The van der Waals surface area contributed by atoms with Gasteiger partial charge in [-0.3, -0.25) is 0 Å².